The summed E-state index contributed by atoms with van der Waals surface area (Å²) in [4.78, 5) is 23.9. The van der Waals surface area contributed by atoms with Crippen LogP contribution in [0.2, 0.25) is 0 Å². The van der Waals surface area contributed by atoms with Crippen molar-refractivity contribution in [3.8, 4) is 0 Å². The fourth-order valence-corrected chi connectivity index (χ4v) is 3.27. The monoisotopic (exact) mass is 376 g/mol. The van der Waals surface area contributed by atoms with Crippen LogP contribution in [-0.4, -0.2) is 22.2 Å². The Balaban J connectivity index is 1.72. The second-order valence-electron chi connectivity index (χ2n) is 7.05. The van der Waals surface area contributed by atoms with Crippen LogP contribution in [0.4, 0.5) is 5.69 Å². The van der Waals surface area contributed by atoms with Crippen molar-refractivity contribution in [2.24, 2.45) is 0 Å². The van der Waals surface area contributed by atoms with Crippen LogP contribution in [-0.2, 0) is 11.3 Å². The van der Waals surface area contributed by atoms with Crippen molar-refractivity contribution in [2.45, 2.75) is 77.7 Å². The number of aliphatic hydroxyl groups is 1. The molecule has 0 bridgehead atoms. The number of anilines is 1. The summed E-state index contributed by atoms with van der Waals surface area (Å²) in [5.74, 6) is -0.519. The third-order valence-corrected chi connectivity index (χ3v) is 4.78. The number of nitrogens with one attached hydrogen (secondary N) is 1. The summed E-state index contributed by atoms with van der Waals surface area (Å²) in [6, 6.07) is 5.10. The predicted octanol–water partition coefficient (Wildman–Crippen LogP) is 4.45. The van der Waals surface area contributed by atoms with Gasteiger partial charge in [0.15, 0.2) is 5.58 Å². The zero-order valence-corrected chi connectivity index (χ0v) is 16.3. The molecule has 0 radical (unpaired) electrons. The van der Waals surface area contributed by atoms with Crippen molar-refractivity contribution in [3.05, 3.63) is 28.7 Å². The molecule has 1 heterocycles. The first-order valence-corrected chi connectivity index (χ1v) is 10.2. The third kappa shape index (κ3) is 6.86. The first kappa shape index (κ1) is 21.2. The maximum atomic E-state index is 12.1. The van der Waals surface area contributed by atoms with Crippen LogP contribution in [0.5, 0.6) is 0 Å². The van der Waals surface area contributed by atoms with Gasteiger partial charge in [-0.05, 0) is 24.6 Å². The first-order valence-electron chi connectivity index (χ1n) is 10.2. The second kappa shape index (κ2) is 11.6. The van der Waals surface area contributed by atoms with Crippen molar-refractivity contribution in [3.63, 3.8) is 0 Å². The molecule has 2 rings (SSSR count). The van der Waals surface area contributed by atoms with Gasteiger partial charge in [0.2, 0.25) is 5.91 Å². The highest BCUT2D eigenvalue weighted by atomic mass is 16.4. The molecule has 0 unspecified atom stereocenters. The Morgan fingerprint density at radius 1 is 1.07 bits per heavy atom. The number of fused-ring (bicyclic) bond motifs is 1. The number of hydrogen-bond donors (Lipinski definition) is 2. The minimum atomic E-state index is -0.503. The molecule has 0 fully saturated rings. The van der Waals surface area contributed by atoms with Gasteiger partial charge in [-0.1, -0.05) is 58.3 Å². The number of oxazole rings is 1. The lowest BCUT2D eigenvalue weighted by molar-refractivity contribution is -0.116. The van der Waals surface area contributed by atoms with E-state index in [0.29, 0.717) is 23.2 Å². The number of aliphatic hydroxyl groups excluding tert-OH is 1. The minimum absolute atomic E-state index is 0.0168. The van der Waals surface area contributed by atoms with Gasteiger partial charge in [0.1, 0.15) is 0 Å². The molecule has 0 aliphatic rings. The van der Waals surface area contributed by atoms with E-state index in [2.05, 4.69) is 12.2 Å². The van der Waals surface area contributed by atoms with Gasteiger partial charge in [-0.3, -0.25) is 9.36 Å². The number of benzene rings is 1. The number of nitrogens with zero attached hydrogens (tertiary/aromatic N) is 1. The Morgan fingerprint density at radius 2 is 1.74 bits per heavy atom. The summed E-state index contributed by atoms with van der Waals surface area (Å²) < 4.78 is 6.49. The van der Waals surface area contributed by atoms with Crippen LogP contribution in [0.15, 0.2) is 27.4 Å². The first-order chi connectivity index (χ1) is 13.2. The Labute approximate surface area is 160 Å². The Bertz CT molecular complexity index is 763. The van der Waals surface area contributed by atoms with E-state index in [4.69, 9.17) is 9.52 Å². The van der Waals surface area contributed by atoms with Crippen LogP contribution < -0.4 is 11.1 Å². The van der Waals surface area contributed by atoms with E-state index in [1.165, 1.54) is 49.5 Å². The minimum Gasteiger partial charge on any atom is -0.408 e. The predicted molar refractivity (Wildman–Crippen MR) is 108 cm³/mol. The molecule has 1 aromatic heterocycles. The molecule has 0 aliphatic carbocycles. The Morgan fingerprint density at radius 3 is 2.41 bits per heavy atom. The van der Waals surface area contributed by atoms with E-state index in [1.54, 1.807) is 18.2 Å². The quantitative estimate of drug-likeness (QED) is 0.506. The molecule has 6 nitrogen and oxygen atoms in total. The zero-order valence-electron chi connectivity index (χ0n) is 16.3. The van der Waals surface area contributed by atoms with Crippen LogP contribution >= 0.6 is 0 Å². The van der Waals surface area contributed by atoms with Gasteiger partial charge < -0.3 is 14.8 Å². The van der Waals surface area contributed by atoms with E-state index in [1.807, 2.05) is 0 Å². The van der Waals surface area contributed by atoms with E-state index in [9.17, 15) is 9.59 Å². The molecular formula is C21H32N2O4. The molecule has 27 heavy (non-hydrogen) atoms. The molecule has 0 aliphatic heterocycles. The Kier molecular flexibility index (Phi) is 9.11. The topological polar surface area (TPSA) is 84.5 Å². The van der Waals surface area contributed by atoms with E-state index >= 15 is 0 Å². The lowest BCUT2D eigenvalue weighted by atomic mass is 10.1. The summed E-state index contributed by atoms with van der Waals surface area (Å²) in [6.45, 7) is 2.25. The van der Waals surface area contributed by atoms with Crippen molar-refractivity contribution >= 4 is 22.7 Å². The largest absolute Gasteiger partial charge is 0.420 e. The number of carbonyl (C=O) groups is 1. The average molecular weight is 376 g/mol. The number of hydrogen-bond acceptors (Lipinski definition) is 4. The van der Waals surface area contributed by atoms with Crippen LogP contribution in [0.25, 0.3) is 11.1 Å². The standard InChI is InChI=1S/C21H32N2O4/c1-2-3-4-5-6-7-8-9-10-11-20(25)22-17-12-13-19-18(16-17)23(14-15-24)21(26)27-19/h12-13,16,24H,2-11,14-15H2,1H3,(H,22,25). The van der Waals surface area contributed by atoms with Crippen LogP contribution in [0.1, 0.15) is 71.1 Å². The van der Waals surface area contributed by atoms with Gasteiger partial charge in [0.05, 0.1) is 18.7 Å². The molecule has 0 spiro atoms. The van der Waals surface area contributed by atoms with Crippen LogP contribution in [0, 0.1) is 0 Å². The smallest absolute Gasteiger partial charge is 0.408 e. The summed E-state index contributed by atoms with van der Waals surface area (Å²) in [6.07, 6.45) is 11.5. The maximum Gasteiger partial charge on any atom is 0.420 e. The normalized spacial score (nSPS) is 11.2. The molecule has 0 saturated carbocycles. The average Bonchev–Trinajstić information content (AvgIpc) is 2.96. The lowest BCUT2D eigenvalue weighted by Gasteiger charge is -2.06. The van der Waals surface area contributed by atoms with Crippen molar-refractivity contribution in [1.29, 1.82) is 0 Å². The van der Waals surface area contributed by atoms with Gasteiger partial charge >= 0.3 is 5.76 Å². The van der Waals surface area contributed by atoms with Gasteiger partial charge in [-0.2, -0.15) is 0 Å². The Hall–Kier alpha value is -2.08. The number of amides is 1. The summed E-state index contributed by atoms with van der Waals surface area (Å²) in [5, 5.41) is 12.0. The van der Waals surface area contributed by atoms with Crippen molar-refractivity contribution < 1.29 is 14.3 Å². The lowest BCUT2D eigenvalue weighted by Crippen LogP contribution is -2.16. The zero-order chi connectivity index (χ0) is 19.5. The molecule has 1 amide bonds. The number of aromatic nitrogens is 1. The number of unbranched alkanes of at least 4 members (excludes halogenated alkanes) is 8. The molecule has 1 aromatic carbocycles. The van der Waals surface area contributed by atoms with Crippen LogP contribution in [0.3, 0.4) is 0 Å². The summed E-state index contributed by atoms with van der Waals surface area (Å²) in [5.41, 5.74) is 1.66. The second-order valence-corrected chi connectivity index (χ2v) is 7.05. The molecule has 150 valence electrons. The third-order valence-electron chi connectivity index (χ3n) is 4.78. The van der Waals surface area contributed by atoms with E-state index < -0.39 is 5.76 Å². The molecule has 6 heteroatoms. The highest BCUT2D eigenvalue weighted by Crippen LogP contribution is 2.19. The molecule has 2 aromatic rings. The molecule has 0 saturated heterocycles. The fraction of sp³-hybridized carbons (Fsp3) is 0.619. The van der Waals surface area contributed by atoms with Crippen molar-refractivity contribution in [1.82, 2.24) is 4.57 Å². The maximum absolute atomic E-state index is 12.1. The van der Waals surface area contributed by atoms with Crippen molar-refractivity contribution in [2.75, 3.05) is 11.9 Å². The highest BCUT2D eigenvalue weighted by Gasteiger charge is 2.10. The highest BCUT2D eigenvalue weighted by molar-refractivity contribution is 5.92. The summed E-state index contributed by atoms with van der Waals surface area (Å²) >= 11 is 0. The van der Waals surface area contributed by atoms with E-state index in [0.717, 1.165) is 12.8 Å². The van der Waals surface area contributed by atoms with Gasteiger partial charge in [-0.15, -0.1) is 0 Å². The molecule has 0 atom stereocenters. The fourth-order valence-electron chi connectivity index (χ4n) is 3.27. The molecular weight excluding hydrogens is 344 g/mol. The number of rotatable bonds is 13. The van der Waals surface area contributed by atoms with Gasteiger partial charge in [0, 0.05) is 12.1 Å². The SMILES string of the molecule is CCCCCCCCCCCC(=O)Nc1ccc2oc(=O)n(CCO)c2c1. The van der Waals surface area contributed by atoms with Gasteiger partial charge in [0.25, 0.3) is 0 Å². The van der Waals surface area contributed by atoms with Gasteiger partial charge in [-0.25, -0.2) is 4.79 Å². The summed E-state index contributed by atoms with van der Waals surface area (Å²) in [7, 11) is 0. The van der Waals surface area contributed by atoms with E-state index in [-0.39, 0.29) is 19.1 Å². The number of carbonyl (C=O) groups excluding carboxylic acids is 1. The molecule has 2 N–H and O–H groups in total.